The van der Waals surface area contributed by atoms with Gasteiger partial charge in [-0.05, 0) is 48.8 Å². The van der Waals surface area contributed by atoms with E-state index in [1.54, 1.807) is 11.1 Å². The van der Waals surface area contributed by atoms with Gasteiger partial charge in [0.15, 0.2) is 0 Å². The van der Waals surface area contributed by atoms with Crippen LogP contribution in [-0.2, 0) is 19.3 Å². The van der Waals surface area contributed by atoms with E-state index in [2.05, 4.69) is 39.0 Å². The monoisotopic (exact) mass is 232 g/mol. The Morgan fingerprint density at radius 3 is 1.71 bits per heavy atom. The molecule has 0 fully saturated rings. The molecule has 0 spiro atoms. The zero-order valence-corrected chi connectivity index (χ0v) is 11.9. The molecule has 0 amide bonds. The lowest BCUT2D eigenvalue weighted by Gasteiger charge is -2.08. The minimum absolute atomic E-state index is 1.17. The first-order chi connectivity index (χ1) is 8.30. The second-order valence-electron chi connectivity index (χ2n) is 5.07. The molecule has 0 saturated carbocycles. The van der Waals surface area contributed by atoms with Crippen LogP contribution in [0.1, 0.15) is 69.6 Å². The minimum atomic E-state index is 1.17. The van der Waals surface area contributed by atoms with Gasteiger partial charge in [0.1, 0.15) is 0 Å². The highest BCUT2D eigenvalue weighted by Gasteiger charge is 2.00. The predicted molar refractivity (Wildman–Crippen MR) is 77.7 cm³/mol. The SMILES string of the molecule is CCCCCc1cc(CC)cc(CCCC)c1. The smallest absolute Gasteiger partial charge is 0.0279 e. The normalized spacial score (nSPS) is 10.8. The van der Waals surface area contributed by atoms with E-state index in [4.69, 9.17) is 0 Å². The molecule has 0 aliphatic heterocycles. The zero-order valence-electron chi connectivity index (χ0n) is 11.9. The first kappa shape index (κ1) is 14.3. The number of unbranched alkanes of at least 4 members (excludes halogenated alkanes) is 3. The summed E-state index contributed by atoms with van der Waals surface area (Å²) >= 11 is 0. The number of benzene rings is 1. The molecule has 0 atom stereocenters. The Morgan fingerprint density at radius 2 is 1.18 bits per heavy atom. The molecule has 96 valence electrons. The van der Waals surface area contributed by atoms with E-state index in [9.17, 15) is 0 Å². The fourth-order valence-electron chi connectivity index (χ4n) is 2.29. The van der Waals surface area contributed by atoms with E-state index in [0.717, 1.165) is 0 Å². The van der Waals surface area contributed by atoms with E-state index in [-0.39, 0.29) is 0 Å². The van der Waals surface area contributed by atoms with Gasteiger partial charge in [0.25, 0.3) is 0 Å². The van der Waals surface area contributed by atoms with Gasteiger partial charge >= 0.3 is 0 Å². The fourth-order valence-corrected chi connectivity index (χ4v) is 2.29. The summed E-state index contributed by atoms with van der Waals surface area (Å²) in [5.41, 5.74) is 4.63. The van der Waals surface area contributed by atoms with Crippen molar-refractivity contribution in [3.8, 4) is 0 Å². The fraction of sp³-hybridized carbons (Fsp3) is 0.647. The Bertz CT molecular complexity index is 312. The summed E-state index contributed by atoms with van der Waals surface area (Å²) < 4.78 is 0. The zero-order chi connectivity index (χ0) is 12.5. The van der Waals surface area contributed by atoms with Crippen molar-refractivity contribution in [1.29, 1.82) is 0 Å². The molecule has 17 heavy (non-hydrogen) atoms. The molecule has 0 heterocycles. The highest BCUT2D eigenvalue weighted by atomic mass is 14.1. The van der Waals surface area contributed by atoms with Gasteiger partial charge in [-0.3, -0.25) is 0 Å². The molecule has 1 rings (SSSR count). The molecule has 0 heteroatoms. The van der Waals surface area contributed by atoms with Crippen LogP contribution in [0.3, 0.4) is 0 Å². The summed E-state index contributed by atoms with van der Waals surface area (Å²) in [5, 5.41) is 0. The lowest BCUT2D eigenvalue weighted by Crippen LogP contribution is -1.94. The number of hydrogen-bond donors (Lipinski definition) is 0. The largest absolute Gasteiger partial charge is 0.0654 e. The van der Waals surface area contributed by atoms with Crippen molar-refractivity contribution < 1.29 is 0 Å². The van der Waals surface area contributed by atoms with E-state index >= 15 is 0 Å². The molecule has 0 aliphatic carbocycles. The van der Waals surface area contributed by atoms with Crippen LogP contribution in [0.2, 0.25) is 0 Å². The van der Waals surface area contributed by atoms with Gasteiger partial charge in [-0.1, -0.05) is 58.2 Å². The average Bonchev–Trinajstić information content (AvgIpc) is 2.36. The second-order valence-corrected chi connectivity index (χ2v) is 5.07. The first-order valence-electron chi connectivity index (χ1n) is 7.41. The molecule has 0 nitrogen and oxygen atoms in total. The van der Waals surface area contributed by atoms with Crippen LogP contribution in [0.4, 0.5) is 0 Å². The van der Waals surface area contributed by atoms with Gasteiger partial charge < -0.3 is 0 Å². The van der Waals surface area contributed by atoms with Crippen LogP contribution >= 0.6 is 0 Å². The lowest BCUT2D eigenvalue weighted by atomic mass is 9.97. The van der Waals surface area contributed by atoms with Crippen molar-refractivity contribution in [3.63, 3.8) is 0 Å². The summed E-state index contributed by atoms with van der Waals surface area (Å²) in [7, 11) is 0. The van der Waals surface area contributed by atoms with Gasteiger partial charge in [0.2, 0.25) is 0 Å². The molecule has 0 unspecified atom stereocenters. The highest BCUT2D eigenvalue weighted by molar-refractivity contribution is 5.30. The minimum Gasteiger partial charge on any atom is -0.0654 e. The maximum atomic E-state index is 2.44. The number of rotatable bonds is 8. The molecule has 0 aromatic heterocycles. The van der Waals surface area contributed by atoms with Crippen molar-refractivity contribution >= 4 is 0 Å². The summed E-state index contributed by atoms with van der Waals surface area (Å²) in [6.45, 7) is 6.80. The Balaban J connectivity index is 2.67. The van der Waals surface area contributed by atoms with Crippen LogP contribution in [-0.4, -0.2) is 0 Å². The third-order valence-electron chi connectivity index (χ3n) is 3.41. The van der Waals surface area contributed by atoms with Crippen molar-refractivity contribution in [1.82, 2.24) is 0 Å². The van der Waals surface area contributed by atoms with E-state index < -0.39 is 0 Å². The molecular formula is C17H28. The Morgan fingerprint density at radius 1 is 0.647 bits per heavy atom. The molecule has 1 aromatic rings. The third kappa shape index (κ3) is 5.39. The summed E-state index contributed by atoms with van der Waals surface area (Å²) in [6, 6.07) is 7.24. The Hall–Kier alpha value is -0.780. The summed E-state index contributed by atoms with van der Waals surface area (Å²) in [5.74, 6) is 0. The van der Waals surface area contributed by atoms with Crippen LogP contribution in [0.15, 0.2) is 18.2 Å². The van der Waals surface area contributed by atoms with Crippen molar-refractivity contribution in [2.24, 2.45) is 0 Å². The van der Waals surface area contributed by atoms with Gasteiger partial charge in [-0.25, -0.2) is 0 Å². The topological polar surface area (TPSA) is 0 Å². The average molecular weight is 232 g/mol. The predicted octanol–water partition coefficient (Wildman–Crippen LogP) is 5.32. The Kier molecular flexibility index (Phi) is 7.00. The standard InChI is InChI=1S/C17H28/c1-4-7-9-11-17-13-15(6-3)12-16(14-17)10-8-5-2/h12-14H,4-11H2,1-3H3. The molecular weight excluding hydrogens is 204 g/mol. The van der Waals surface area contributed by atoms with Gasteiger partial charge in [-0.2, -0.15) is 0 Å². The maximum absolute atomic E-state index is 2.44. The van der Waals surface area contributed by atoms with Crippen molar-refractivity contribution in [3.05, 3.63) is 34.9 Å². The van der Waals surface area contributed by atoms with Gasteiger partial charge in [-0.15, -0.1) is 0 Å². The third-order valence-corrected chi connectivity index (χ3v) is 3.41. The quantitative estimate of drug-likeness (QED) is 0.532. The van der Waals surface area contributed by atoms with Crippen molar-refractivity contribution in [2.45, 2.75) is 72.1 Å². The molecule has 0 N–H and O–H groups in total. The molecule has 0 saturated heterocycles. The van der Waals surface area contributed by atoms with Gasteiger partial charge in [0.05, 0.1) is 0 Å². The van der Waals surface area contributed by atoms with Crippen LogP contribution in [0, 0.1) is 0 Å². The van der Waals surface area contributed by atoms with Crippen molar-refractivity contribution in [2.75, 3.05) is 0 Å². The van der Waals surface area contributed by atoms with Crippen LogP contribution in [0.25, 0.3) is 0 Å². The van der Waals surface area contributed by atoms with Crippen LogP contribution < -0.4 is 0 Å². The van der Waals surface area contributed by atoms with Gasteiger partial charge in [0, 0.05) is 0 Å². The maximum Gasteiger partial charge on any atom is -0.0279 e. The number of aryl methyl sites for hydroxylation is 3. The van der Waals surface area contributed by atoms with E-state index in [0.29, 0.717) is 0 Å². The molecule has 0 aliphatic rings. The lowest BCUT2D eigenvalue weighted by molar-refractivity contribution is 0.715. The summed E-state index contributed by atoms with van der Waals surface area (Å²) in [6.07, 6.45) is 10.3. The second kappa shape index (κ2) is 8.33. The molecule has 0 radical (unpaired) electrons. The van der Waals surface area contributed by atoms with E-state index in [1.807, 2.05) is 0 Å². The number of hydrogen-bond acceptors (Lipinski definition) is 0. The van der Waals surface area contributed by atoms with E-state index in [1.165, 1.54) is 56.9 Å². The molecule has 1 aromatic carbocycles. The molecule has 0 bridgehead atoms. The van der Waals surface area contributed by atoms with Crippen LogP contribution in [0.5, 0.6) is 0 Å². The Labute approximate surface area is 107 Å². The highest BCUT2D eigenvalue weighted by Crippen LogP contribution is 2.16. The first-order valence-corrected chi connectivity index (χ1v) is 7.41. The summed E-state index contributed by atoms with van der Waals surface area (Å²) in [4.78, 5) is 0.